The van der Waals surface area contributed by atoms with Gasteiger partial charge in [-0.05, 0) is 38.0 Å². The monoisotopic (exact) mass is 362 g/mol. The fourth-order valence-corrected chi connectivity index (χ4v) is 2.90. The molecule has 3 rings (SSSR count). The van der Waals surface area contributed by atoms with E-state index in [1.165, 1.54) is 0 Å². The van der Waals surface area contributed by atoms with Gasteiger partial charge in [0.15, 0.2) is 0 Å². The van der Waals surface area contributed by atoms with Crippen LogP contribution in [0, 0.1) is 13.8 Å². The number of aromatic nitrogens is 3. The van der Waals surface area contributed by atoms with Crippen molar-refractivity contribution in [2.45, 2.75) is 33.2 Å². The lowest BCUT2D eigenvalue weighted by Gasteiger charge is -2.08. The van der Waals surface area contributed by atoms with Crippen molar-refractivity contribution in [3.63, 3.8) is 0 Å². The molecule has 2 heterocycles. The van der Waals surface area contributed by atoms with Gasteiger partial charge in [-0.3, -0.25) is 14.6 Å². The highest BCUT2D eigenvalue weighted by Crippen LogP contribution is 2.13. The van der Waals surface area contributed by atoms with Crippen LogP contribution in [-0.2, 0) is 17.8 Å². The van der Waals surface area contributed by atoms with Crippen LogP contribution in [0.5, 0.6) is 0 Å². The van der Waals surface area contributed by atoms with Gasteiger partial charge in [0.25, 0.3) is 5.56 Å². The van der Waals surface area contributed by atoms with Crippen LogP contribution in [0.15, 0.2) is 53.6 Å². The minimum Gasteiger partial charge on any atom is -0.352 e. The summed E-state index contributed by atoms with van der Waals surface area (Å²) in [7, 11) is 0. The molecule has 0 atom stereocenters. The minimum atomic E-state index is -0.208. The first-order chi connectivity index (χ1) is 13.0. The van der Waals surface area contributed by atoms with E-state index >= 15 is 0 Å². The Kier molecular flexibility index (Phi) is 5.76. The molecule has 0 fully saturated rings. The number of aromatic amines is 1. The quantitative estimate of drug-likeness (QED) is 0.706. The Labute approximate surface area is 157 Å². The normalized spacial score (nSPS) is 10.6. The highest BCUT2D eigenvalue weighted by atomic mass is 16.1. The van der Waals surface area contributed by atoms with Crippen LogP contribution in [0.4, 0.5) is 0 Å². The molecular formula is C21H22N4O2. The number of carbonyl (C=O) groups is 1. The molecule has 3 aromatic rings. The second kappa shape index (κ2) is 8.40. The fraction of sp³-hybridized carbons (Fsp3) is 0.238. The third-order valence-electron chi connectivity index (χ3n) is 4.35. The maximum atomic E-state index is 12.4. The second-order valence-electron chi connectivity index (χ2n) is 6.48. The molecule has 1 amide bonds. The van der Waals surface area contributed by atoms with E-state index in [9.17, 15) is 9.59 Å². The van der Waals surface area contributed by atoms with Gasteiger partial charge in [0, 0.05) is 42.2 Å². The lowest BCUT2D eigenvalue weighted by Crippen LogP contribution is -2.25. The summed E-state index contributed by atoms with van der Waals surface area (Å²) in [5, 5.41) is 2.89. The topological polar surface area (TPSA) is 87.7 Å². The first-order valence-corrected chi connectivity index (χ1v) is 8.85. The van der Waals surface area contributed by atoms with Gasteiger partial charge < -0.3 is 10.3 Å². The van der Waals surface area contributed by atoms with Crippen molar-refractivity contribution in [2.24, 2.45) is 0 Å². The zero-order chi connectivity index (χ0) is 19.2. The summed E-state index contributed by atoms with van der Waals surface area (Å²) in [4.78, 5) is 35.8. The Balaban J connectivity index is 1.62. The van der Waals surface area contributed by atoms with Crippen molar-refractivity contribution >= 4 is 5.91 Å². The molecule has 0 bridgehead atoms. The number of rotatable bonds is 6. The van der Waals surface area contributed by atoms with E-state index in [1.807, 2.05) is 31.2 Å². The first kappa shape index (κ1) is 18.5. The number of pyridine rings is 1. The van der Waals surface area contributed by atoms with E-state index in [0.717, 1.165) is 16.7 Å². The Morgan fingerprint density at radius 2 is 1.93 bits per heavy atom. The number of nitrogens with zero attached hydrogens (tertiary/aromatic N) is 2. The molecule has 0 saturated carbocycles. The molecule has 6 heteroatoms. The molecular weight excluding hydrogens is 340 g/mol. The van der Waals surface area contributed by atoms with E-state index in [-0.39, 0.29) is 17.9 Å². The van der Waals surface area contributed by atoms with Gasteiger partial charge in [-0.15, -0.1) is 0 Å². The van der Waals surface area contributed by atoms with E-state index in [1.54, 1.807) is 31.5 Å². The fourth-order valence-electron chi connectivity index (χ4n) is 2.90. The number of aryl methyl sites for hydroxylation is 2. The molecule has 0 aliphatic carbocycles. The van der Waals surface area contributed by atoms with E-state index in [0.29, 0.717) is 30.0 Å². The molecule has 0 aliphatic heterocycles. The molecule has 0 saturated heterocycles. The first-order valence-electron chi connectivity index (χ1n) is 8.85. The summed E-state index contributed by atoms with van der Waals surface area (Å²) < 4.78 is 0. The average Bonchev–Trinajstić information content (AvgIpc) is 2.66. The molecule has 27 heavy (non-hydrogen) atoms. The molecule has 2 N–H and O–H groups in total. The van der Waals surface area contributed by atoms with Crippen molar-refractivity contribution in [3.8, 4) is 11.4 Å². The van der Waals surface area contributed by atoms with Crippen LogP contribution < -0.4 is 10.9 Å². The van der Waals surface area contributed by atoms with Crippen LogP contribution in [-0.4, -0.2) is 20.9 Å². The number of benzene rings is 1. The van der Waals surface area contributed by atoms with Crippen molar-refractivity contribution in [1.29, 1.82) is 0 Å². The van der Waals surface area contributed by atoms with Crippen molar-refractivity contribution in [1.82, 2.24) is 20.3 Å². The van der Waals surface area contributed by atoms with Gasteiger partial charge >= 0.3 is 0 Å². The number of hydrogen-bond donors (Lipinski definition) is 2. The van der Waals surface area contributed by atoms with Crippen LogP contribution >= 0.6 is 0 Å². The van der Waals surface area contributed by atoms with Crippen LogP contribution in [0.1, 0.15) is 28.8 Å². The standard InChI is InChI=1S/C21H22N4O2/c1-14-4-3-5-16(12-14)13-23-19(26)7-6-18-15(2)24-20(25-21(18)27)17-8-10-22-11-9-17/h3-5,8-12H,6-7,13H2,1-2H3,(H,23,26)(H,24,25,27). The average molecular weight is 362 g/mol. The molecule has 6 nitrogen and oxygen atoms in total. The number of carbonyl (C=O) groups excluding carboxylic acids is 1. The molecule has 1 aromatic carbocycles. The van der Waals surface area contributed by atoms with Gasteiger partial charge in [0.05, 0.1) is 0 Å². The highest BCUT2D eigenvalue weighted by molar-refractivity contribution is 5.76. The summed E-state index contributed by atoms with van der Waals surface area (Å²) in [5.74, 6) is 0.418. The van der Waals surface area contributed by atoms with Crippen LogP contribution in [0.3, 0.4) is 0 Å². The number of H-pyrrole nitrogens is 1. The zero-order valence-corrected chi connectivity index (χ0v) is 15.5. The van der Waals surface area contributed by atoms with Gasteiger partial charge in [-0.2, -0.15) is 0 Å². The molecule has 0 aliphatic rings. The maximum absolute atomic E-state index is 12.4. The van der Waals surface area contributed by atoms with Crippen molar-refractivity contribution in [3.05, 3.63) is 81.5 Å². The zero-order valence-electron chi connectivity index (χ0n) is 15.5. The minimum absolute atomic E-state index is 0.0893. The predicted molar refractivity (Wildman–Crippen MR) is 104 cm³/mol. The summed E-state index contributed by atoms with van der Waals surface area (Å²) in [6.45, 7) is 4.29. The van der Waals surface area contributed by atoms with E-state index < -0.39 is 0 Å². The molecule has 2 aromatic heterocycles. The smallest absolute Gasteiger partial charge is 0.254 e. The Bertz CT molecular complexity index is 997. The second-order valence-corrected chi connectivity index (χ2v) is 6.48. The molecule has 0 unspecified atom stereocenters. The maximum Gasteiger partial charge on any atom is 0.254 e. The largest absolute Gasteiger partial charge is 0.352 e. The number of nitrogens with one attached hydrogen (secondary N) is 2. The van der Waals surface area contributed by atoms with E-state index in [2.05, 4.69) is 20.3 Å². The third kappa shape index (κ3) is 4.88. The summed E-state index contributed by atoms with van der Waals surface area (Å²) in [6, 6.07) is 11.6. The van der Waals surface area contributed by atoms with Gasteiger partial charge in [-0.1, -0.05) is 29.8 Å². The highest BCUT2D eigenvalue weighted by Gasteiger charge is 2.11. The van der Waals surface area contributed by atoms with Crippen molar-refractivity contribution < 1.29 is 4.79 Å². The van der Waals surface area contributed by atoms with Crippen LogP contribution in [0.25, 0.3) is 11.4 Å². The predicted octanol–water partition coefficient (Wildman–Crippen LogP) is 2.70. The van der Waals surface area contributed by atoms with Gasteiger partial charge in [0.2, 0.25) is 5.91 Å². The molecule has 138 valence electrons. The number of hydrogen-bond acceptors (Lipinski definition) is 4. The summed E-state index contributed by atoms with van der Waals surface area (Å²) >= 11 is 0. The van der Waals surface area contributed by atoms with Gasteiger partial charge in [-0.25, -0.2) is 4.98 Å². The Morgan fingerprint density at radius 3 is 2.63 bits per heavy atom. The Morgan fingerprint density at radius 1 is 1.15 bits per heavy atom. The van der Waals surface area contributed by atoms with Crippen molar-refractivity contribution in [2.75, 3.05) is 0 Å². The molecule has 0 spiro atoms. The summed E-state index contributed by atoms with van der Waals surface area (Å²) in [6.07, 6.45) is 3.89. The lowest BCUT2D eigenvalue weighted by molar-refractivity contribution is -0.121. The Hall–Kier alpha value is -3.28. The summed E-state index contributed by atoms with van der Waals surface area (Å²) in [5.41, 5.74) is 3.98. The van der Waals surface area contributed by atoms with Crippen LogP contribution in [0.2, 0.25) is 0 Å². The lowest BCUT2D eigenvalue weighted by atomic mass is 10.1. The SMILES string of the molecule is Cc1cccc(CNC(=O)CCc2c(C)nc(-c3ccncc3)[nH]c2=O)c1. The third-order valence-corrected chi connectivity index (χ3v) is 4.35. The number of amides is 1. The van der Waals surface area contributed by atoms with Gasteiger partial charge in [0.1, 0.15) is 5.82 Å². The van der Waals surface area contributed by atoms with E-state index in [4.69, 9.17) is 0 Å². The molecule has 0 radical (unpaired) electrons.